The molecule has 2 heterocycles. The average Bonchev–Trinajstić information content (AvgIpc) is 3.34. The highest BCUT2D eigenvalue weighted by atomic mass is 19.1. The molecule has 1 N–H and O–H groups in total. The fraction of sp³-hybridized carbons (Fsp3) is 0.200. The lowest BCUT2D eigenvalue weighted by Gasteiger charge is -2.19. The number of aromatic amines is 1. The second-order valence-corrected chi connectivity index (χ2v) is 6.46. The Hall–Kier alpha value is -3.42. The van der Waals surface area contributed by atoms with E-state index >= 15 is 0 Å². The summed E-state index contributed by atoms with van der Waals surface area (Å²) in [6, 6.07) is 8.77. The summed E-state index contributed by atoms with van der Waals surface area (Å²) in [7, 11) is 1.50. The first-order valence-electron chi connectivity index (χ1n) is 8.74. The standard InChI is InChI=1S/C20H18F2N4O2/c1-28-16-3-5-18(21)13(8-16)12-25-6-7-26(20(25)27)15-2-4-17(19(22)9-15)14-10-23-24-11-14/h2-5,8-11H,6-7,12H2,1H3,(H,23,24). The molecule has 0 unspecified atom stereocenters. The average molecular weight is 384 g/mol. The van der Waals surface area contributed by atoms with Crippen LogP contribution in [-0.4, -0.2) is 41.3 Å². The van der Waals surface area contributed by atoms with Gasteiger partial charge in [0.25, 0.3) is 0 Å². The number of halogens is 2. The summed E-state index contributed by atoms with van der Waals surface area (Å²) in [6.07, 6.45) is 3.13. The number of benzene rings is 2. The van der Waals surface area contributed by atoms with Gasteiger partial charge in [-0.2, -0.15) is 5.10 Å². The highest BCUT2D eigenvalue weighted by Crippen LogP contribution is 2.29. The van der Waals surface area contributed by atoms with Crippen LogP contribution < -0.4 is 9.64 Å². The summed E-state index contributed by atoms with van der Waals surface area (Å²) >= 11 is 0. The highest BCUT2D eigenvalue weighted by Gasteiger charge is 2.30. The number of nitrogens with one attached hydrogen (secondary N) is 1. The van der Waals surface area contributed by atoms with Gasteiger partial charge in [-0.3, -0.25) is 10.00 Å². The Bertz CT molecular complexity index is 1010. The van der Waals surface area contributed by atoms with Crippen molar-refractivity contribution in [3.05, 3.63) is 66.0 Å². The van der Waals surface area contributed by atoms with E-state index in [0.717, 1.165) is 0 Å². The largest absolute Gasteiger partial charge is 0.497 e. The Labute approximate surface area is 160 Å². The summed E-state index contributed by atoms with van der Waals surface area (Å²) < 4.78 is 33.7. The molecule has 0 aliphatic carbocycles. The molecule has 1 aromatic heterocycles. The number of H-pyrrole nitrogens is 1. The monoisotopic (exact) mass is 384 g/mol. The van der Waals surface area contributed by atoms with Crippen molar-refractivity contribution in [3.8, 4) is 16.9 Å². The van der Waals surface area contributed by atoms with Gasteiger partial charge in [-0.25, -0.2) is 13.6 Å². The van der Waals surface area contributed by atoms with Crippen LogP contribution in [0.5, 0.6) is 5.75 Å². The first-order valence-corrected chi connectivity index (χ1v) is 8.74. The number of hydrogen-bond acceptors (Lipinski definition) is 3. The number of ether oxygens (including phenoxy) is 1. The van der Waals surface area contributed by atoms with Crippen LogP contribution in [-0.2, 0) is 6.54 Å². The van der Waals surface area contributed by atoms with Crippen molar-refractivity contribution in [1.29, 1.82) is 0 Å². The van der Waals surface area contributed by atoms with Gasteiger partial charge in [-0.05, 0) is 36.4 Å². The fourth-order valence-corrected chi connectivity index (χ4v) is 3.28. The third-order valence-electron chi connectivity index (χ3n) is 4.78. The van der Waals surface area contributed by atoms with Crippen molar-refractivity contribution >= 4 is 11.7 Å². The number of rotatable bonds is 5. The number of carbonyl (C=O) groups excluding carboxylic acids is 1. The smallest absolute Gasteiger partial charge is 0.324 e. The molecule has 1 fully saturated rings. The van der Waals surface area contributed by atoms with Crippen LogP contribution in [0.4, 0.5) is 19.3 Å². The molecular weight excluding hydrogens is 366 g/mol. The number of nitrogens with zero attached hydrogens (tertiary/aromatic N) is 3. The first kappa shape index (κ1) is 18.0. The number of anilines is 1. The normalized spacial score (nSPS) is 14.0. The molecule has 1 aliphatic heterocycles. The fourth-order valence-electron chi connectivity index (χ4n) is 3.28. The van der Waals surface area contributed by atoms with E-state index in [1.54, 1.807) is 24.4 Å². The lowest BCUT2D eigenvalue weighted by molar-refractivity contribution is 0.218. The van der Waals surface area contributed by atoms with E-state index in [-0.39, 0.29) is 12.6 Å². The third-order valence-corrected chi connectivity index (χ3v) is 4.78. The van der Waals surface area contributed by atoms with Crippen molar-refractivity contribution in [1.82, 2.24) is 15.1 Å². The topological polar surface area (TPSA) is 61.5 Å². The molecule has 2 amide bonds. The zero-order chi connectivity index (χ0) is 19.7. The van der Waals surface area contributed by atoms with Crippen LogP contribution in [0.2, 0.25) is 0 Å². The Morgan fingerprint density at radius 3 is 2.71 bits per heavy atom. The number of methoxy groups -OCH3 is 1. The maximum absolute atomic E-state index is 14.5. The predicted octanol–water partition coefficient (Wildman–Crippen LogP) is 3.81. The number of amides is 2. The predicted molar refractivity (Wildman–Crippen MR) is 100 cm³/mol. The van der Waals surface area contributed by atoms with E-state index in [1.807, 2.05) is 0 Å². The van der Waals surface area contributed by atoms with Crippen molar-refractivity contribution in [2.24, 2.45) is 0 Å². The SMILES string of the molecule is COc1ccc(F)c(CN2CCN(c3ccc(-c4cn[nH]c4)c(F)c3)C2=O)c1. The van der Waals surface area contributed by atoms with E-state index < -0.39 is 11.6 Å². The lowest BCUT2D eigenvalue weighted by atomic mass is 10.1. The summed E-state index contributed by atoms with van der Waals surface area (Å²) in [5.41, 5.74) is 1.87. The van der Waals surface area contributed by atoms with Crippen LogP contribution in [0.1, 0.15) is 5.56 Å². The summed E-state index contributed by atoms with van der Waals surface area (Å²) in [4.78, 5) is 15.8. The quantitative estimate of drug-likeness (QED) is 0.728. The summed E-state index contributed by atoms with van der Waals surface area (Å²) in [6.45, 7) is 0.934. The van der Waals surface area contributed by atoms with Crippen molar-refractivity contribution < 1.29 is 18.3 Å². The molecule has 6 nitrogen and oxygen atoms in total. The Morgan fingerprint density at radius 1 is 1.14 bits per heavy atom. The van der Waals surface area contributed by atoms with Crippen LogP contribution in [0.25, 0.3) is 11.1 Å². The van der Waals surface area contributed by atoms with Gasteiger partial charge in [0.05, 0.1) is 19.9 Å². The molecular formula is C20H18F2N4O2. The Kier molecular flexibility index (Phi) is 4.68. The van der Waals surface area contributed by atoms with Gasteiger partial charge in [0.15, 0.2) is 0 Å². The second-order valence-electron chi connectivity index (χ2n) is 6.46. The molecule has 1 saturated heterocycles. The van der Waals surface area contributed by atoms with Gasteiger partial charge in [0, 0.05) is 41.7 Å². The molecule has 4 rings (SSSR count). The van der Waals surface area contributed by atoms with E-state index in [1.165, 1.54) is 41.3 Å². The van der Waals surface area contributed by atoms with Gasteiger partial charge in [0.1, 0.15) is 17.4 Å². The maximum atomic E-state index is 14.5. The van der Waals surface area contributed by atoms with Gasteiger partial charge in [-0.15, -0.1) is 0 Å². The van der Waals surface area contributed by atoms with Gasteiger partial charge in [0.2, 0.25) is 0 Å². The minimum Gasteiger partial charge on any atom is -0.497 e. The minimum absolute atomic E-state index is 0.119. The molecule has 1 aliphatic rings. The molecule has 0 bridgehead atoms. The number of hydrogen-bond donors (Lipinski definition) is 1. The van der Waals surface area contributed by atoms with Gasteiger partial charge < -0.3 is 9.64 Å². The molecule has 0 spiro atoms. The third kappa shape index (κ3) is 3.28. The van der Waals surface area contributed by atoms with Crippen molar-refractivity contribution in [2.45, 2.75) is 6.54 Å². The number of urea groups is 1. The zero-order valence-corrected chi connectivity index (χ0v) is 15.2. The molecule has 28 heavy (non-hydrogen) atoms. The molecule has 8 heteroatoms. The molecule has 144 valence electrons. The molecule has 0 atom stereocenters. The maximum Gasteiger partial charge on any atom is 0.324 e. The van der Waals surface area contributed by atoms with Gasteiger partial charge in [-0.1, -0.05) is 0 Å². The first-order chi connectivity index (χ1) is 13.6. The van der Waals surface area contributed by atoms with Crippen LogP contribution >= 0.6 is 0 Å². The Balaban J connectivity index is 1.52. The minimum atomic E-state index is -0.441. The molecule has 3 aromatic rings. The van der Waals surface area contributed by atoms with E-state index in [0.29, 0.717) is 41.2 Å². The molecule has 0 radical (unpaired) electrons. The van der Waals surface area contributed by atoms with Crippen molar-refractivity contribution in [3.63, 3.8) is 0 Å². The van der Waals surface area contributed by atoms with Gasteiger partial charge >= 0.3 is 6.03 Å². The molecule has 2 aromatic carbocycles. The molecule has 0 saturated carbocycles. The number of carbonyl (C=O) groups is 1. The van der Waals surface area contributed by atoms with Crippen LogP contribution in [0, 0.1) is 11.6 Å². The zero-order valence-electron chi connectivity index (χ0n) is 15.2. The highest BCUT2D eigenvalue weighted by molar-refractivity contribution is 5.94. The van der Waals surface area contributed by atoms with Crippen LogP contribution in [0.3, 0.4) is 0 Å². The van der Waals surface area contributed by atoms with Crippen LogP contribution in [0.15, 0.2) is 48.8 Å². The van der Waals surface area contributed by atoms with E-state index in [2.05, 4.69) is 10.2 Å². The second kappa shape index (κ2) is 7.30. The number of aromatic nitrogens is 2. The van der Waals surface area contributed by atoms with E-state index in [4.69, 9.17) is 4.74 Å². The van der Waals surface area contributed by atoms with E-state index in [9.17, 15) is 13.6 Å². The summed E-state index contributed by atoms with van der Waals surface area (Å²) in [5.74, 6) is -0.316. The Morgan fingerprint density at radius 2 is 2.00 bits per heavy atom. The van der Waals surface area contributed by atoms with Crippen molar-refractivity contribution in [2.75, 3.05) is 25.1 Å². The summed E-state index contributed by atoms with van der Waals surface area (Å²) in [5, 5.41) is 6.46. The lowest BCUT2D eigenvalue weighted by Crippen LogP contribution is -2.31.